The molecule has 2 aromatic heterocycles. The van der Waals surface area contributed by atoms with Crippen molar-refractivity contribution >= 4 is 60.8 Å². The van der Waals surface area contributed by atoms with Gasteiger partial charge in [-0.25, -0.2) is 4.98 Å². The Balaban J connectivity index is 1.73. The third kappa shape index (κ3) is 3.50. The molecule has 0 unspecified atom stereocenters. The fourth-order valence-electron chi connectivity index (χ4n) is 2.71. The number of carbonyl (C=O) groups is 1. The summed E-state index contributed by atoms with van der Waals surface area (Å²) in [6.07, 6.45) is 0. The summed E-state index contributed by atoms with van der Waals surface area (Å²) < 4.78 is 3.47. The van der Waals surface area contributed by atoms with Crippen LogP contribution in [0.25, 0.3) is 15.3 Å². The van der Waals surface area contributed by atoms with Crippen LogP contribution in [0, 0.1) is 13.8 Å². The molecule has 5 nitrogen and oxygen atoms in total. The first-order valence-electron chi connectivity index (χ1n) is 8.12. The van der Waals surface area contributed by atoms with Crippen molar-refractivity contribution in [1.82, 2.24) is 14.8 Å². The Bertz CT molecular complexity index is 1130. The summed E-state index contributed by atoms with van der Waals surface area (Å²) in [4.78, 5) is 17.3. The minimum atomic E-state index is -0.209. The van der Waals surface area contributed by atoms with Gasteiger partial charge >= 0.3 is 0 Å². The second kappa shape index (κ2) is 7.07. The molecule has 0 bridgehead atoms. The molecule has 1 N–H and O–H groups in total. The lowest BCUT2D eigenvalue weighted by Gasteiger charge is -2.06. The van der Waals surface area contributed by atoms with E-state index in [1.165, 1.54) is 11.3 Å². The molecule has 2 heterocycles. The van der Waals surface area contributed by atoms with Gasteiger partial charge in [-0.2, -0.15) is 9.78 Å². The number of aromatic nitrogens is 3. The van der Waals surface area contributed by atoms with Crippen molar-refractivity contribution in [3.05, 3.63) is 68.8 Å². The molecule has 0 aliphatic rings. The number of nitrogens with one attached hydrogen (secondary N) is 1. The second-order valence-electron chi connectivity index (χ2n) is 6.08. The van der Waals surface area contributed by atoms with E-state index in [-0.39, 0.29) is 5.91 Å². The molecule has 0 fully saturated rings. The summed E-state index contributed by atoms with van der Waals surface area (Å²) in [5.41, 5.74) is 3.23. The van der Waals surface area contributed by atoms with Crippen molar-refractivity contribution in [2.45, 2.75) is 13.8 Å². The molecule has 0 radical (unpaired) electrons. The minimum Gasteiger partial charge on any atom is -0.306 e. The highest BCUT2D eigenvalue weighted by Gasteiger charge is 2.17. The Morgan fingerprint density at radius 3 is 2.63 bits per heavy atom. The van der Waals surface area contributed by atoms with Crippen molar-refractivity contribution in [2.75, 3.05) is 5.32 Å². The number of fused-ring (bicyclic) bond motifs is 1. The van der Waals surface area contributed by atoms with E-state index in [1.54, 1.807) is 16.8 Å². The summed E-state index contributed by atoms with van der Waals surface area (Å²) in [5, 5.41) is 8.72. The van der Waals surface area contributed by atoms with Crippen molar-refractivity contribution in [2.24, 2.45) is 0 Å². The van der Waals surface area contributed by atoms with Crippen molar-refractivity contribution in [1.29, 1.82) is 0 Å². The number of aryl methyl sites for hydroxylation is 2. The predicted molar refractivity (Wildman–Crippen MR) is 113 cm³/mol. The Morgan fingerprint density at radius 1 is 1.19 bits per heavy atom. The maximum Gasteiger partial charge on any atom is 0.256 e. The summed E-state index contributed by atoms with van der Waals surface area (Å²) in [5.74, 6) is 0.354. The van der Waals surface area contributed by atoms with Gasteiger partial charge in [0.05, 0.1) is 20.9 Å². The molecule has 1 amide bonds. The molecule has 0 atom stereocenters. The van der Waals surface area contributed by atoms with E-state index < -0.39 is 0 Å². The maximum atomic E-state index is 12.6. The first kappa shape index (κ1) is 18.2. The first-order chi connectivity index (χ1) is 12.9. The zero-order valence-corrected chi connectivity index (χ0v) is 17.6. The normalized spacial score (nSPS) is 11.1. The maximum absolute atomic E-state index is 12.6. The lowest BCUT2D eigenvalue weighted by molar-refractivity contribution is 0.102. The first-order valence-corrected chi connectivity index (χ1v) is 10.1. The highest BCUT2D eigenvalue weighted by Crippen LogP contribution is 2.34. The van der Waals surface area contributed by atoms with Gasteiger partial charge in [0.2, 0.25) is 5.13 Å². The third-order valence-corrected chi connectivity index (χ3v) is 6.07. The van der Waals surface area contributed by atoms with Crippen LogP contribution in [0.2, 0.25) is 5.02 Å². The van der Waals surface area contributed by atoms with Gasteiger partial charge in [-0.1, -0.05) is 44.9 Å². The van der Waals surface area contributed by atoms with Crippen LogP contribution in [0.15, 0.2) is 46.9 Å². The van der Waals surface area contributed by atoms with Crippen LogP contribution in [0.1, 0.15) is 21.6 Å². The molecule has 0 saturated carbocycles. The van der Waals surface area contributed by atoms with E-state index >= 15 is 0 Å². The topological polar surface area (TPSA) is 59.8 Å². The molecule has 0 aliphatic carbocycles. The number of rotatable bonds is 3. The number of halogens is 2. The van der Waals surface area contributed by atoms with E-state index in [9.17, 15) is 4.79 Å². The van der Waals surface area contributed by atoms with Gasteiger partial charge in [-0.3, -0.25) is 4.79 Å². The van der Waals surface area contributed by atoms with E-state index in [2.05, 4.69) is 31.3 Å². The second-order valence-corrected chi connectivity index (χ2v) is 8.38. The molecule has 136 valence electrons. The molecule has 27 heavy (non-hydrogen) atoms. The number of thiazole rings is 1. The molecule has 0 spiro atoms. The molecule has 0 aliphatic heterocycles. The molecule has 4 aromatic rings. The molecule has 0 saturated heterocycles. The predicted octanol–water partition coefficient (Wildman–Crippen LogP) is 5.77. The SMILES string of the molecule is Cc1cc(NC(=O)c2ccc(Br)cc2)n(-c2nc3c(C)ccc(Cl)c3s2)n1. The number of hydrogen-bond acceptors (Lipinski definition) is 4. The van der Waals surface area contributed by atoms with E-state index in [1.807, 2.05) is 44.2 Å². The number of anilines is 1. The fraction of sp³-hybridized carbons (Fsp3) is 0.105. The number of amides is 1. The van der Waals surface area contributed by atoms with Crippen LogP contribution >= 0.6 is 38.9 Å². The number of hydrogen-bond donors (Lipinski definition) is 1. The smallest absolute Gasteiger partial charge is 0.256 e. The van der Waals surface area contributed by atoms with Crippen LogP contribution in [0.4, 0.5) is 5.82 Å². The Labute approximate surface area is 173 Å². The zero-order chi connectivity index (χ0) is 19.1. The molecule has 8 heteroatoms. The summed E-state index contributed by atoms with van der Waals surface area (Å²) in [6, 6.07) is 12.8. The van der Waals surface area contributed by atoms with Crippen molar-refractivity contribution in [3.63, 3.8) is 0 Å². The summed E-state index contributed by atoms with van der Waals surface area (Å²) >= 11 is 11.1. The Hall–Kier alpha value is -2.22. The molecule has 4 rings (SSSR count). The lowest BCUT2D eigenvalue weighted by Crippen LogP contribution is -2.15. The van der Waals surface area contributed by atoms with Gasteiger partial charge in [-0.05, 0) is 49.7 Å². The van der Waals surface area contributed by atoms with Gasteiger partial charge in [-0.15, -0.1) is 0 Å². The Morgan fingerprint density at radius 2 is 1.93 bits per heavy atom. The van der Waals surface area contributed by atoms with E-state index in [0.29, 0.717) is 21.5 Å². The van der Waals surface area contributed by atoms with Gasteiger partial charge in [0.1, 0.15) is 5.82 Å². The van der Waals surface area contributed by atoms with E-state index in [4.69, 9.17) is 11.6 Å². The zero-order valence-electron chi connectivity index (χ0n) is 14.5. The number of benzene rings is 2. The van der Waals surface area contributed by atoms with Crippen LogP contribution in [0.3, 0.4) is 0 Å². The fourth-order valence-corrected chi connectivity index (χ4v) is 4.25. The van der Waals surface area contributed by atoms with Crippen molar-refractivity contribution < 1.29 is 4.79 Å². The molecular formula is C19H14BrClN4OS. The largest absolute Gasteiger partial charge is 0.306 e. The van der Waals surface area contributed by atoms with Crippen LogP contribution in [-0.2, 0) is 0 Å². The number of nitrogens with zero attached hydrogens (tertiary/aromatic N) is 3. The van der Waals surface area contributed by atoms with Crippen LogP contribution < -0.4 is 5.32 Å². The summed E-state index contributed by atoms with van der Waals surface area (Å²) in [7, 11) is 0. The van der Waals surface area contributed by atoms with Gasteiger partial charge < -0.3 is 5.32 Å². The van der Waals surface area contributed by atoms with Crippen molar-refractivity contribution in [3.8, 4) is 5.13 Å². The standard InChI is InChI=1S/C19H14BrClN4OS/c1-10-3-8-14(21)17-16(10)23-19(27-17)25-15(9-11(2)24-25)22-18(26)12-4-6-13(20)7-5-12/h3-9H,1-2H3,(H,22,26). The average Bonchev–Trinajstić information content (AvgIpc) is 3.23. The van der Waals surface area contributed by atoms with Gasteiger partial charge in [0, 0.05) is 16.1 Å². The van der Waals surface area contributed by atoms with Gasteiger partial charge in [0.25, 0.3) is 5.91 Å². The third-order valence-electron chi connectivity index (χ3n) is 4.05. The minimum absolute atomic E-state index is 0.209. The molecular weight excluding hydrogens is 448 g/mol. The summed E-state index contributed by atoms with van der Waals surface area (Å²) in [6.45, 7) is 3.87. The van der Waals surface area contributed by atoms with Gasteiger partial charge in [0.15, 0.2) is 0 Å². The average molecular weight is 462 g/mol. The number of carbonyl (C=O) groups excluding carboxylic acids is 1. The quantitative estimate of drug-likeness (QED) is 0.421. The van der Waals surface area contributed by atoms with E-state index in [0.717, 1.165) is 25.9 Å². The Kier molecular flexibility index (Phi) is 4.75. The highest BCUT2D eigenvalue weighted by molar-refractivity contribution is 9.10. The van der Waals surface area contributed by atoms with Crippen LogP contribution in [-0.4, -0.2) is 20.7 Å². The molecule has 2 aromatic carbocycles. The van der Waals surface area contributed by atoms with Crippen LogP contribution in [0.5, 0.6) is 0 Å². The highest BCUT2D eigenvalue weighted by atomic mass is 79.9. The lowest BCUT2D eigenvalue weighted by atomic mass is 10.2. The monoisotopic (exact) mass is 460 g/mol.